The first-order chi connectivity index (χ1) is 7.41. The fourth-order valence-electron chi connectivity index (χ4n) is 0.980. The number of nitrogens with one attached hydrogen (secondary N) is 1. The minimum absolute atomic E-state index is 0.154. The third-order valence-corrected chi connectivity index (χ3v) is 1.61. The molecule has 0 aromatic carbocycles. The van der Waals surface area contributed by atoms with E-state index in [0.717, 1.165) is 0 Å². The highest BCUT2D eigenvalue weighted by Crippen LogP contribution is 2.29. The molecular formula is C7H8F3N3O3. The summed E-state index contributed by atoms with van der Waals surface area (Å²) >= 11 is 0. The Balaban J connectivity index is 2.49. The first kappa shape index (κ1) is 12.4. The molecule has 1 aromatic heterocycles. The molecule has 0 bridgehead atoms. The Kier molecular flexibility index (Phi) is 3.82. The summed E-state index contributed by atoms with van der Waals surface area (Å²) in [5, 5.41) is 16.2. The van der Waals surface area contributed by atoms with E-state index in [4.69, 9.17) is 5.11 Å². The van der Waals surface area contributed by atoms with E-state index in [1.54, 1.807) is 5.10 Å². The van der Waals surface area contributed by atoms with Gasteiger partial charge in [0.1, 0.15) is 6.61 Å². The second-order valence-corrected chi connectivity index (χ2v) is 2.83. The molecule has 0 saturated heterocycles. The number of aromatic amines is 1. The first-order valence-corrected chi connectivity index (χ1v) is 4.18. The van der Waals surface area contributed by atoms with Gasteiger partial charge in [-0.2, -0.15) is 13.2 Å². The van der Waals surface area contributed by atoms with Crippen LogP contribution < -0.4 is 0 Å². The third kappa shape index (κ3) is 3.50. The lowest BCUT2D eigenvalue weighted by molar-refractivity contribution is -0.143. The molecule has 9 heteroatoms. The molecule has 0 radical (unpaired) electrons. The van der Waals surface area contributed by atoms with Crippen molar-refractivity contribution < 1.29 is 27.8 Å². The predicted molar refractivity (Wildman–Crippen MR) is 43.5 cm³/mol. The van der Waals surface area contributed by atoms with Gasteiger partial charge in [-0.05, 0) is 0 Å². The Morgan fingerprint density at radius 3 is 2.75 bits per heavy atom. The van der Waals surface area contributed by atoms with E-state index in [0.29, 0.717) is 0 Å². The van der Waals surface area contributed by atoms with Crippen molar-refractivity contribution in [3.63, 3.8) is 0 Å². The number of aliphatic carboxylic acids is 1. The van der Waals surface area contributed by atoms with Crippen LogP contribution >= 0.6 is 0 Å². The normalized spacial score (nSPS) is 11.7. The van der Waals surface area contributed by atoms with Crippen LogP contribution in [-0.4, -0.2) is 39.7 Å². The van der Waals surface area contributed by atoms with Crippen LogP contribution in [0.3, 0.4) is 0 Å². The second kappa shape index (κ2) is 4.92. The van der Waals surface area contributed by atoms with Gasteiger partial charge in [0.2, 0.25) is 0 Å². The third-order valence-electron chi connectivity index (χ3n) is 1.61. The van der Waals surface area contributed by atoms with E-state index in [9.17, 15) is 18.0 Å². The molecular weight excluding hydrogens is 231 g/mol. The average Bonchev–Trinajstić information content (AvgIpc) is 2.59. The number of carboxylic acid groups (broad SMARTS) is 1. The van der Waals surface area contributed by atoms with E-state index in [1.165, 1.54) is 0 Å². The van der Waals surface area contributed by atoms with Gasteiger partial charge in [-0.1, -0.05) is 5.21 Å². The lowest BCUT2D eigenvalue weighted by Gasteiger charge is -2.05. The molecule has 0 amide bonds. The molecule has 0 atom stereocenters. The van der Waals surface area contributed by atoms with Crippen LogP contribution in [0.15, 0.2) is 0 Å². The highest BCUT2D eigenvalue weighted by molar-refractivity contribution is 5.67. The number of alkyl halides is 3. The molecule has 1 heterocycles. The number of halogens is 3. The molecule has 2 N–H and O–H groups in total. The predicted octanol–water partition coefficient (Wildman–Crippen LogP) is 0.467. The minimum Gasteiger partial charge on any atom is -0.480 e. The summed E-state index contributed by atoms with van der Waals surface area (Å²) in [7, 11) is 0. The maximum Gasteiger partial charge on any atom is 0.434 e. The highest BCUT2D eigenvalue weighted by atomic mass is 19.4. The summed E-state index contributed by atoms with van der Waals surface area (Å²) < 4.78 is 41.4. The molecule has 0 saturated carbocycles. The van der Waals surface area contributed by atoms with E-state index < -0.39 is 24.4 Å². The van der Waals surface area contributed by atoms with E-state index >= 15 is 0 Å². The van der Waals surface area contributed by atoms with Gasteiger partial charge in [0.05, 0.1) is 12.3 Å². The summed E-state index contributed by atoms with van der Waals surface area (Å²) in [6.07, 6.45) is -4.70. The van der Waals surface area contributed by atoms with Gasteiger partial charge in [-0.3, -0.25) is 5.10 Å². The number of carboxylic acids is 1. The molecule has 1 rings (SSSR count). The van der Waals surface area contributed by atoms with Crippen molar-refractivity contribution in [3.05, 3.63) is 11.4 Å². The van der Waals surface area contributed by atoms with Crippen molar-refractivity contribution >= 4 is 5.97 Å². The zero-order chi connectivity index (χ0) is 12.2. The van der Waals surface area contributed by atoms with Crippen LogP contribution in [0.25, 0.3) is 0 Å². The number of carbonyl (C=O) groups is 1. The smallest absolute Gasteiger partial charge is 0.434 e. The summed E-state index contributed by atoms with van der Waals surface area (Å²) in [6, 6.07) is 0. The lowest BCUT2D eigenvalue weighted by Crippen LogP contribution is -2.13. The van der Waals surface area contributed by atoms with Crippen molar-refractivity contribution in [2.24, 2.45) is 0 Å². The molecule has 0 fully saturated rings. The number of hydrogen-bond acceptors (Lipinski definition) is 4. The summed E-state index contributed by atoms with van der Waals surface area (Å²) in [5.74, 6) is -1.18. The van der Waals surface area contributed by atoms with Gasteiger partial charge in [-0.25, -0.2) is 4.79 Å². The number of aromatic nitrogens is 3. The largest absolute Gasteiger partial charge is 0.480 e. The van der Waals surface area contributed by atoms with E-state index in [1.807, 2.05) is 0 Å². The minimum atomic E-state index is -4.55. The molecule has 0 aliphatic carbocycles. The van der Waals surface area contributed by atoms with Crippen molar-refractivity contribution in [1.82, 2.24) is 15.4 Å². The quantitative estimate of drug-likeness (QED) is 0.729. The monoisotopic (exact) mass is 239 g/mol. The molecule has 0 aliphatic rings. The summed E-state index contributed by atoms with van der Waals surface area (Å²) in [4.78, 5) is 10.0. The van der Waals surface area contributed by atoms with Crippen LogP contribution in [0.2, 0.25) is 0 Å². The molecule has 0 aliphatic heterocycles. The number of H-pyrrole nitrogens is 1. The maximum absolute atomic E-state index is 12.3. The van der Waals surface area contributed by atoms with Gasteiger partial charge < -0.3 is 9.84 Å². The standard InChI is InChI=1S/C7H8F3N3O3/c8-7(9,10)6-4(11-13-12-6)1-2-16-3-5(14)15/h1-3H2,(H,14,15)(H,11,12,13). The van der Waals surface area contributed by atoms with Crippen LogP contribution in [-0.2, 0) is 22.1 Å². The second-order valence-electron chi connectivity index (χ2n) is 2.83. The Labute approximate surface area is 87.4 Å². The van der Waals surface area contributed by atoms with Crippen molar-refractivity contribution in [2.45, 2.75) is 12.6 Å². The molecule has 0 unspecified atom stereocenters. The van der Waals surface area contributed by atoms with Gasteiger partial charge in [0.15, 0.2) is 5.69 Å². The highest BCUT2D eigenvalue weighted by Gasteiger charge is 2.36. The molecule has 90 valence electrons. The van der Waals surface area contributed by atoms with Crippen LogP contribution in [0.5, 0.6) is 0 Å². The summed E-state index contributed by atoms with van der Waals surface area (Å²) in [6.45, 7) is -0.721. The van der Waals surface area contributed by atoms with Gasteiger partial charge in [0.25, 0.3) is 0 Å². The van der Waals surface area contributed by atoms with Crippen molar-refractivity contribution in [1.29, 1.82) is 0 Å². The number of nitrogens with zero attached hydrogens (tertiary/aromatic N) is 2. The number of ether oxygens (including phenoxy) is 1. The Morgan fingerprint density at radius 1 is 1.50 bits per heavy atom. The fraction of sp³-hybridized carbons (Fsp3) is 0.571. The van der Waals surface area contributed by atoms with Gasteiger partial charge in [-0.15, -0.1) is 5.10 Å². The Hall–Kier alpha value is -1.64. The summed E-state index contributed by atoms with van der Waals surface area (Å²) in [5.41, 5.74) is -1.33. The topological polar surface area (TPSA) is 88.1 Å². The van der Waals surface area contributed by atoms with Gasteiger partial charge >= 0.3 is 12.1 Å². The van der Waals surface area contributed by atoms with E-state index in [2.05, 4.69) is 15.0 Å². The fourth-order valence-corrected chi connectivity index (χ4v) is 0.980. The van der Waals surface area contributed by atoms with Crippen molar-refractivity contribution in [3.8, 4) is 0 Å². The average molecular weight is 239 g/mol. The molecule has 6 nitrogen and oxygen atoms in total. The van der Waals surface area contributed by atoms with E-state index in [-0.39, 0.29) is 18.7 Å². The van der Waals surface area contributed by atoms with Crippen molar-refractivity contribution in [2.75, 3.05) is 13.2 Å². The lowest BCUT2D eigenvalue weighted by atomic mass is 10.2. The van der Waals surface area contributed by atoms with Gasteiger partial charge in [0, 0.05) is 6.42 Å². The van der Waals surface area contributed by atoms with Crippen LogP contribution in [0.1, 0.15) is 11.4 Å². The maximum atomic E-state index is 12.3. The SMILES string of the molecule is O=C(O)COCCc1nn[nH]c1C(F)(F)F. The zero-order valence-corrected chi connectivity index (χ0v) is 7.91. The first-order valence-electron chi connectivity index (χ1n) is 4.18. The van der Waals surface area contributed by atoms with Crippen LogP contribution in [0, 0.1) is 0 Å². The Bertz CT molecular complexity index is 363. The van der Waals surface area contributed by atoms with Crippen LogP contribution in [0.4, 0.5) is 13.2 Å². The zero-order valence-electron chi connectivity index (χ0n) is 7.91. The molecule has 0 spiro atoms. The Morgan fingerprint density at radius 2 is 2.19 bits per heavy atom. The number of rotatable bonds is 5. The number of hydrogen-bond donors (Lipinski definition) is 2. The molecule has 1 aromatic rings. The molecule has 16 heavy (non-hydrogen) atoms.